The maximum absolute atomic E-state index is 12.4. The van der Waals surface area contributed by atoms with E-state index >= 15 is 0 Å². The summed E-state index contributed by atoms with van der Waals surface area (Å²) in [5.41, 5.74) is 0. The van der Waals surface area contributed by atoms with Gasteiger partial charge in [-0.1, -0.05) is 0 Å². The molecular formula is C8H9F3O4. The number of carbonyl (C=O) groups excluding carboxylic acids is 2. The number of carbonyl (C=O) groups is 2. The Labute approximate surface area is 83.7 Å². The number of ether oxygens (including phenoxy) is 2. The van der Waals surface area contributed by atoms with Crippen LogP contribution in [0.25, 0.3) is 0 Å². The van der Waals surface area contributed by atoms with E-state index in [0.29, 0.717) is 0 Å². The second-order valence-electron chi connectivity index (χ2n) is 2.24. The van der Waals surface area contributed by atoms with Crippen molar-refractivity contribution in [2.24, 2.45) is 0 Å². The SMILES string of the molecule is CCOC(=O)C(=O)OCC(F)=CC(F)F. The lowest BCUT2D eigenvalue weighted by atomic mass is 10.5. The van der Waals surface area contributed by atoms with Gasteiger partial charge in [0.05, 0.1) is 6.61 Å². The molecule has 0 unspecified atom stereocenters. The summed E-state index contributed by atoms with van der Waals surface area (Å²) in [7, 11) is 0. The highest BCUT2D eigenvalue weighted by atomic mass is 19.3. The van der Waals surface area contributed by atoms with Crippen molar-refractivity contribution in [3.8, 4) is 0 Å². The van der Waals surface area contributed by atoms with Gasteiger partial charge >= 0.3 is 11.9 Å². The van der Waals surface area contributed by atoms with Crippen molar-refractivity contribution < 1.29 is 32.2 Å². The van der Waals surface area contributed by atoms with Gasteiger partial charge in [-0.3, -0.25) is 0 Å². The molecule has 0 aromatic rings. The Kier molecular flexibility index (Phi) is 6.16. The van der Waals surface area contributed by atoms with Crippen LogP contribution in [0.4, 0.5) is 13.2 Å². The summed E-state index contributed by atoms with van der Waals surface area (Å²) in [6.07, 6.45) is -3.01. The quantitative estimate of drug-likeness (QED) is 0.534. The lowest BCUT2D eigenvalue weighted by Crippen LogP contribution is -2.20. The van der Waals surface area contributed by atoms with E-state index in [0.717, 1.165) is 0 Å². The Morgan fingerprint density at radius 1 is 1.27 bits per heavy atom. The first-order chi connectivity index (χ1) is 6.97. The van der Waals surface area contributed by atoms with Crippen molar-refractivity contribution in [1.82, 2.24) is 0 Å². The monoisotopic (exact) mass is 226 g/mol. The minimum absolute atomic E-state index is 0.0293. The van der Waals surface area contributed by atoms with Crippen LogP contribution in [0.5, 0.6) is 0 Å². The van der Waals surface area contributed by atoms with Crippen LogP contribution >= 0.6 is 0 Å². The van der Waals surface area contributed by atoms with Gasteiger partial charge in [0.1, 0.15) is 12.4 Å². The first-order valence-corrected chi connectivity index (χ1v) is 3.95. The lowest BCUT2D eigenvalue weighted by molar-refractivity contribution is -0.167. The van der Waals surface area contributed by atoms with E-state index in [1.54, 1.807) is 0 Å². The van der Waals surface area contributed by atoms with Crippen LogP contribution < -0.4 is 0 Å². The molecule has 0 aliphatic rings. The Morgan fingerprint density at radius 2 is 1.80 bits per heavy atom. The Morgan fingerprint density at radius 3 is 2.27 bits per heavy atom. The number of esters is 2. The number of rotatable bonds is 4. The zero-order valence-corrected chi connectivity index (χ0v) is 7.84. The summed E-state index contributed by atoms with van der Waals surface area (Å²) >= 11 is 0. The standard InChI is InChI=1S/C8H9F3O4/c1-2-14-7(12)8(13)15-4-5(9)3-6(10)11/h3,6H,2,4H2,1H3. The van der Waals surface area contributed by atoms with Crippen LogP contribution in [0.15, 0.2) is 11.9 Å². The summed E-state index contributed by atoms with van der Waals surface area (Å²) in [4.78, 5) is 21.2. The maximum Gasteiger partial charge on any atom is 0.417 e. The Balaban J connectivity index is 3.95. The number of allylic oxidation sites excluding steroid dienone is 1. The highest BCUT2D eigenvalue weighted by molar-refractivity contribution is 6.29. The Hall–Kier alpha value is -1.53. The molecule has 0 aromatic heterocycles. The van der Waals surface area contributed by atoms with E-state index in [1.165, 1.54) is 6.92 Å². The lowest BCUT2D eigenvalue weighted by Gasteiger charge is -2.02. The summed E-state index contributed by atoms with van der Waals surface area (Å²) in [5, 5.41) is 0. The minimum Gasteiger partial charge on any atom is -0.458 e. The van der Waals surface area contributed by atoms with Gasteiger partial charge < -0.3 is 9.47 Å². The molecule has 0 heterocycles. The molecule has 0 radical (unpaired) electrons. The molecule has 0 aromatic carbocycles. The highest BCUT2D eigenvalue weighted by Crippen LogP contribution is 2.03. The zero-order chi connectivity index (χ0) is 11.8. The summed E-state index contributed by atoms with van der Waals surface area (Å²) in [5.74, 6) is -4.04. The second kappa shape index (κ2) is 6.86. The number of alkyl halides is 2. The number of hydrogen-bond acceptors (Lipinski definition) is 4. The van der Waals surface area contributed by atoms with Crippen molar-refractivity contribution in [2.45, 2.75) is 13.3 Å². The van der Waals surface area contributed by atoms with Gasteiger partial charge in [-0.2, -0.15) is 0 Å². The molecule has 7 heteroatoms. The third kappa shape index (κ3) is 6.53. The van der Waals surface area contributed by atoms with E-state index < -0.39 is 30.8 Å². The van der Waals surface area contributed by atoms with E-state index in [-0.39, 0.29) is 12.7 Å². The molecule has 0 spiro atoms. The van der Waals surface area contributed by atoms with Crippen LogP contribution in [0.2, 0.25) is 0 Å². The average molecular weight is 226 g/mol. The van der Waals surface area contributed by atoms with Crippen LogP contribution in [-0.2, 0) is 19.1 Å². The molecule has 0 saturated carbocycles. The zero-order valence-electron chi connectivity index (χ0n) is 7.84. The first kappa shape index (κ1) is 13.5. The minimum atomic E-state index is -2.98. The van der Waals surface area contributed by atoms with Gasteiger partial charge in [0.2, 0.25) is 0 Å². The molecule has 86 valence electrons. The van der Waals surface area contributed by atoms with Gasteiger partial charge in [-0.15, -0.1) is 0 Å². The van der Waals surface area contributed by atoms with E-state index in [1.807, 2.05) is 0 Å². The Bertz CT molecular complexity index is 263. The van der Waals surface area contributed by atoms with Crippen LogP contribution in [-0.4, -0.2) is 31.6 Å². The third-order valence-electron chi connectivity index (χ3n) is 1.09. The molecule has 0 rings (SSSR count). The summed E-state index contributed by atoms with van der Waals surface area (Å²) < 4.78 is 43.7. The topological polar surface area (TPSA) is 52.6 Å². The molecule has 0 bridgehead atoms. The third-order valence-corrected chi connectivity index (χ3v) is 1.09. The van der Waals surface area contributed by atoms with Crippen molar-refractivity contribution in [2.75, 3.05) is 13.2 Å². The van der Waals surface area contributed by atoms with Crippen molar-refractivity contribution >= 4 is 11.9 Å². The van der Waals surface area contributed by atoms with E-state index in [9.17, 15) is 22.8 Å². The first-order valence-electron chi connectivity index (χ1n) is 3.95. The van der Waals surface area contributed by atoms with Gasteiger partial charge in [0.15, 0.2) is 0 Å². The number of halogens is 3. The predicted octanol–water partition coefficient (Wildman–Crippen LogP) is 1.21. The molecule has 0 amide bonds. The van der Waals surface area contributed by atoms with Gasteiger partial charge in [-0.05, 0) is 6.92 Å². The van der Waals surface area contributed by atoms with Gasteiger partial charge in [0.25, 0.3) is 6.43 Å². The molecule has 0 N–H and O–H groups in total. The molecule has 0 atom stereocenters. The fourth-order valence-electron chi connectivity index (χ4n) is 0.568. The van der Waals surface area contributed by atoms with Crippen LogP contribution in [0.3, 0.4) is 0 Å². The number of hydrogen-bond donors (Lipinski definition) is 0. The van der Waals surface area contributed by atoms with Gasteiger partial charge in [0, 0.05) is 6.08 Å². The molecule has 15 heavy (non-hydrogen) atoms. The fourth-order valence-corrected chi connectivity index (χ4v) is 0.568. The average Bonchev–Trinajstić information content (AvgIpc) is 2.13. The van der Waals surface area contributed by atoms with Crippen molar-refractivity contribution in [3.63, 3.8) is 0 Å². The van der Waals surface area contributed by atoms with E-state index in [2.05, 4.69) is 9.47 Å². The fraction of sp³-hybridized carbons (Fsp3) is 0.500. The molecule has 4 nitrogen and oxygen atoms in total. The normalized spacial score (nSPS) is 11.4. The maximum atomic E-state index is 12.4. The van der Waals surface area contributed by atoms with Crippen molar-refractivity contribution in [1.29, 1.82) is 0 Å². The largest absolute Gasteiger partial charge is 0.458 e. The smallest absolute Gasteiger partial charge is 0.417 e. The van der Waals surface area contributed by atoms with Crippen LogP contribution in [0.1, 0.15) is 6.92 Å². The summed E-state index contributed by atoms with van der Waals surface area (Å²) in [6.45, 7) is 0.410. The second-order valence-corrected chi connectivity index (χ2v) is 2.24. The van der Waals surface area contributed by atoms with Gasteiger partial charge in [-0.25, -0.2) is 22.8 Å². The molecular weight excluding hydrogens is 217 g/mol. The van der Waals surface area contributed by atoms with Crippen LogP contribution in [0, 0.1) is 0 Å². The van der Waals surface area contributed by atoms with Crippen molar-refractivity contribution in [3.05, 3.63) is 11.9 Å². The summed E-state index contributed by atoms with van der Waals surface area (Å²) in [6, 6.07) is 0. The molecule has 0 fully saturated rings. The van der Waals surface area contributed by atoms with E-state index in [4.69, 9.17) is 0 Å². The molecule has 0 aliphatic heterocycles. The molecule has 0 aliphatic carbocycles. The molecule has 0 saturated heterocycles. The highest BCUT2D eigenvalue weighted by Gasteiger charge is 2.17. The predicted molar refractivity (Wildman–Crippen MR) is 42.8 cm³/mol.